The highest BCUT2D eigenvalue weighted by Gasteiger charge is 2.12. The van der Waals surface area contributed by atoms with E-state index in [9.17, 15) is 0 Å². The maximum Gasteiger partial charge on any atom is 0.229 e. The number of ether oxygens (including phenoxy) is 1. The first-order valence-electron chi connectivity index (χ1n) is 5.24. The molecule has 0 saturated heterocycles. The van der Waals surface area contributed by atoms with E-state index in [-0.39, 0.29) is 0 Å². The molecule has 2 aromatic rings. The first kappa shape index (κ1) is 9.42. The third-order valence-corrected chi connectivity index (χ3v) is 2.89. The van der Waals surface area contributed by atoms with Crippen LogP contribution in [0.3, 0.4) is 0 Å². The normalized spacial score (nSPS) is 14.8. The van der Waals surface area contributed by atoms with Gasteiger partial charge in [0.05, 0.1) is 25.0 Å². The number of nitrogens with zero attached hydrogens (tertiary/aromatic N) is 1. The van der Waals surface area contributed by atoms with Crippen LogP contribution < -0.4 is 5.73 Å². The van der Waals surface area contributed by atoms with E-state index >= 15 is 0 Å². The molecule has 1 aromatic heterocycles. The summed E-state index contributed by atoms with van der Waals surface area (Å²) >= 11 is 0. The lowest BCUT2D eigenvalue weighted by Crippen LogP contribution is -2.09. The van der Waals surface area contributed by atoms with Gasteiger partial charge in [0, 0.05) is 0 Å². The highest BCUT2D eigenvalue weighted by molar-refractivity contribution is 5.72. The molecule has 0 saturated carbocycles. The highest BCUT2D eigenvalue weighted by Crippen LogP contribution is 2.28. The predicted molar refractivity (Wildman–Crippen MR) is 59.7 cm³/mol. The van der Waals surface area contributed by atoms with Crippen LogP contribution in [0.1, 0.15) is 11.1 Å². The topological polar surface area (TPSA) is 61.3 Å². The molecule has 16 heavy (non-hydrogen) atoms. The smallest absolute Gasteiger partial charge is 0.229 e. The van der Waals surface area contributed by atoms with Crippen LogP contribution >= 0.6 is 0 Å². The third kappa shape index (κ3) is 1.47. The Labute approximate surface area is 93.0 Å². The van der Waals surface area contributed by atoms with Crippen LogP contribution in [0, 0.1) is 0 Å². The van der Waals surface area contributed by atoms with Gasteiger partial charge in [-0.1, -0.05) is 17.3 Å². The van der Waals surface area contributed by atoms with E-state index in [0.717, 1.165) is 24.2 Å². The fourth-order valence-corrected chi connectivity index (χ4v) is 2.00. The van der Waals surface area contributed by atoms with Crippen LogP contribution in [-0.4, -0.2) is 11.8 Å². The second-order valence-electron chi connectivity index (χ2n) is 3.89. The van der Waals surface area contributed by atoms with Crippen molar-refractivity contribution in [2.75, 3.05) is 12.3 Å². The van der Waals surface area contributed by atoms with Gasteiger partial charge in [0.1, 0.15) is 0 Å². The van der Waals surface area contributed by atoms with Gasteiger partial charge >= 0.3 is 0 Å². The monoisotopic (exact) mass is 216 g/mol. The van der Waals surface area contributed by atoms with E-state index < -0.39 is 0 Å². The lowest BCUT2D eigenvalue weighted by Gasteiger charge is -2.16. The van der Waals surface area contributed by atoms with Gasteiger partial charge in [-0.2, -0.15) is 0 Å². The molecule has 1 aliphatic heterocycles. The van der Waals surface area contributed by atoms with Crippen LogP contribution in [0.2, 0.25) is 0 Å². The Balaban J connectivity index is 2.06. The van der Waals surface area contributed by atoms with Gasteiger partial charge in [-0.15, -0.1) is 0 Å². The van der Waals surface area contributed by atoms with Crippen molar-refractivity contribution in [2.45, 2.75) is 13.0 Å². The van der Waals surface area contributed by atoms with Gasteiger partial charge in [0.15, 0.2) is 0 Å². The minimum absolute atomic E-state index is 0.358. The summed E-state index contributed by atoms with van der Waals surface area (Å²) in [5.74, 6) is 0.358. The van der Waals surface area contributed by atoms with Crippen molar-refractivity contribution in [3.63, 3.8) is 0 Å². The summed E-state index contributed by atoms with van der Waals surface area (Å²) in [6.07, 6.45) is 2.62. The zero-order valence-electron chi connectivity index (χ0n) is 8.77. The molecule has 82 valence electrons. The maximum absolute atomic E-state index is 5.69. The Morgan fingerprint density at radius 2 is 2.19 bits per heavy atom. The van der Waals surface area contributed by atoms with Gasteiger partial charge in [0.2, 0.25) is 5.88 Å². The Morgan fingerprint density at radius 1 is 1.25 bits per heavy atom. The minimum Gasteiger partial charge on any atom is -0.376 e. The second-order valence-corrected chi connectivity index (χ2v) is 3.89. The number of nitrogens with two attached hydrogens (primary N) is 1. The number of aromatic nitrogens is 1. The van der Waals surface area contributed by atoms with Gasteiger partial charge in [-0.25, -0.2) is 0 Å². The summed E-state index contributed by atoms with van der Waals surface area (Å²) in [5.41, 5.74) is 10.1. The molecule has 0 spiro atoms. The first-order valence-corrected chi connectivity index (χ1v) is 5.24. The summed E-state index contributed by atoms with van der Waals surface area (Å²) in [6, 6.07) is 6.27. The van der Waals surface area contributed by atoms with Gasteiger partial charge in [-0.05, 0) is 29.2 Å². The number of hydrogen-bond acceptors (Lipinski definition) is 4. The molecular formula is C12H12N2O2. The predicted octanol–water partition coefficient (Wildman–Crippen LogP) is 2.00. The molecule has 4 heteroatoms. The largest absolute Gasteiger partial charge is 0.376 e. The highest BCUT2D eigenvalue weighted by atomic mass is 16.5. The number of hydrogen-bond donors (Lipinski definition) is 1. The van der Waals surface area contributed by atoms with E-state index in [1.54, 1.807) is 6.20 Å². The van der Waals surface area contributed by atoms with E-state index in [0.29, 0.717) is 12.5 Å². The summed E-state index contributed by atoms with van der Waals surface area (Å²) < 4.78 is 10.3. The van der Waals surface area contributed by atoms with Crippen molar-refractivity contribution < 1.29 is 9.26 Å². The molecule has 1 aliphatic rings. The Morgan fingerprint density at radius 3 is 3.00 bits per heavy atom. The zero-order valence-corrected chi connectivity index (χ0v) is 8.77. The molecule has 0 atom stereocenters. The summed E-state index contributed by atoms with van der Waals surface area (Å²) in [4.78, 5) is 0. The van der Waals surface area contributed by atoms with Crippen molar-refractivity contribution >= 4 is 5.88 Å². The SMILES string of the molecule is Nc1oncc1-c1ccc2c(c1)COCC2. The number of fused-ring (bicyclic) bond motifs is 1. The average Bonchev–Trinajstić information content (AvgIpc) is 2.75. The summed E-state index contributed by atoms with van der Waals surface area (Å²) in [7, 11) is 0. The van der Waals surface area contributed by atoms with Crippen LogP contribution in [0.5, 0.6) is 0 Å². The van der Waals surface area contributed by atoms with Crippen LogP contribution in [0.15, 0.2) is 28.9 Å². The quantitative estimate of drug-likeness (QED) is 0.791. The molecule has 2 N–H and O–H groups in total. The van der Waals surface area contributed by atoms with E-state index in [1.165, 1.54) is 11.1 Å². The van der Waals surface area contributed by atoms with Gasteiger partial charge < -0.3 is 15.0 Å². The van der Waals surface area contributed by atoms with Crippen molar-refractivity contribution in [3.05, 3.63) is 35.5 Å². The first-order chi connectivity index (χ1) is 7.84. The Hall–Kier alpha value is -1.81. The molecule has 0 fully saturated rings. The maximum atomic E-state index is 5.69. The standard InChI is InChI=1S/C12H12N2O2/c13-12-11(6-14-16-12)9-2-1-8-3-4-15-7-10(8)5-9/h1-2,5-6H,3-4,7,13H2. The number of benzene rings is 1. The van der Waals surface area contributed by atoms with Crippen molar-refractivity contribution in [1.82, 2.24) is 5.16 Å². The zero-order chi connectivity index (χ0) is 11.0. The van der Waals surface area contributed by atoms with E-state index in [4.69, 9.17) is 15.0 Å². The molecule has 4 nitrogen and oxygen atoms in total. The Kier molecular flexibility index (Phi) is 2.15. The molecule has 0 amide bonds. The molecular weight excluding hydrogens is 204 g/mol. The second kappa shape index (κ2) is 3.64. The van der Waals surface area contributed by atoms with Crippen molar-refractivity contribution in [3.8, 4) is 11.1 Å². The third-order valence-electron chi connectivity index (χ3n) is 2.89. The van der Waals surface area contributed by atoms with Crippen molar-refractivity contribution in [2.24, 2.45) is 0 Å². The molecule has 0 radical (unpaired) electrons. The van der Waals surface area contributed by atoms with Gasteiger partial charge in [0.25, 0.3) is 0 Å². The minimum atomic E-state index is 0.358. The Bertz CT molecular complexity index is 519. The fraction of sp³-hybridized carbons (Fsp3) is 0.250. The van der Waals surface area contributed by atoms with E-state index in [2.05, 4.69) is 17.3 Å². The average molecular weight is 216 g/mol. The fourth-order valence-electron chi connectivity index (χ4n) is 2.00. The van der Waals surface area contributed by atoms with Crippen LogP contribution in [0.25, 0.3) is 11.1 Å². The summed E-state index contributed by atoms with van der Waals surface area (Å²) in [5, 5.41) is 3.68. The molecule has 3 rings (SSSR count). The molecule has 0 bridgehead atoms. The van der Waals surface area contributed by atoms with E-state index in [1.807, 2.05) is 6.07 Å². The number of anilines is 1. The van der Waals surface area contributed by atoms with Crippen LogP contribution in [0.4, 0.5) is 5.88 Å². The van der Waals surface area contributed by atoms with Crippen LogP contribution in [-0.2, 0) is 17.8 Å². The molecule has 2 heterocycles. The molecule has 0 unspecified atom stereocenters. The lowest BCUT2D eigenvalue weighted by atomic mass is 9.98. The lowest BCUT2D eigenvalue weighted by molar-refractivity contribution is 0.111. The van der Waals surface area contributed by atoms with Gasteiger partial charge in [-0.3, -0.25) is 0 Å². The molecule has 0 aliphatic carbocycles. The number of rotatable bonds is 1. The summed E-state index contributed by atoms with van der Waals surface area (Å²) in [6.45, 7) is 1.48. The number of nitrogen functional groups attached to an aromatic ring is 1. The molecule has 1 aromatic carbocycles. The van der Waals surface area contributed by atoms with Crippen molar-refractivity contribution in [1.29, 1.82) is 0 Å².